The SMILES string of the molecule is CCOc1ccc(OCC(=O)NCCn2nc3c(cc2=O)CCCC3)cc1. The molecule has 3 rings (SSSR count). The van der Waals surface area contributed by atoms with E-state index in [1.165, 1.54) is 4.68 Å². The molecule has 1 aromatic heterocycles. The molecule has 1 aliphatic carbocycles. The van der Waals surface area contributed by atoms with E-state index >= 15 is 0 Å². The summed E-state index contributed by atoms with van der Waals surface area (Å²) < 4.78 is 12.2. The Balaban J connectivity index is 1.44. The minimum atomic E-state index is -0.241. The molecule has 0 fully saturated rings. The van der Waals surface area contributed by atoms with Gasteiger partial charge in [-0.3, -0.25) is 9.59 Å². The number of aryl methyl sites for hydroxylation is 2. The number of hydrogen-bond donors (Lipinski definition) is 1. The number of rotatable bonds is 8. The van der Waals surface area contributed by atoms with Gasteiger partial charge in [0.1, 0.15) is 11.5 Å². The first-order valence-electron chi connectivity index (χ1n) is 9.38. The zero-order valence-electron chi connectivity index (χ0n) is 15.6. The number of amides is 1. The van der Waals surface area contributed by atoms with E-state index in [1.807, 2.05) is 6.92 Å². The van der Waals surface area contributed by atoms with Crippen molar-refractivity contribution in [2.45, 2.75) is 39.2 Å². The molecule has 1 aromatic carbocycles. The van der Waals surface area contributed by atoms with Gasteiger partial charge in [0.2, 0.25) is 0 Å². The lowest BCUT2D eigenvalue weighted by molar-refractivity contribution is -0.123. The second-order valence-electron chi connectivity index (χ2n) is 6.43. The highest BCUT2D eigenvalue weighted by Crippen LogP contribution is 2.18. The number of ether oxygens (including phenoxy) is 2. The van der Waals surface area contributed by atoms with E-state index in [-0.39, 0.29) is 18.1 Å². The van der Waals surface area contributed by atoms with Crippen molar-refractivity contribution in [1.82, 2.24) is 15.1 Å². The monoisotopic (exact) mass is 371 g/mol. The van der Waals surface area contributed by atoms with Crippen LogP contribution in [-0.2, 0) is 24.2 Å². The summed E-state index contributed by atoms with van der Waals surface area (Å²) in [7, 11) is 0. The summed E-state index contributed by atoms with van der Waals surface area (Å²) in [5.74, 6) is 1.12. The molecule has 1 amide bonds. The Bertz CT molecular complexity index is 830. The zero-order valence-corrected chi connectivity index (χ0v) is 15.6. The average molecular weight is 371 g/mol. The van der Waals surface area contributed by atoms with Crippen molar-refractivity contribution in [2.75, 3.05) is 19.8 Å². The molecule has 0 unspecified atom stereocenters. The van der Waals surface area contributed by atoms with Gasteiger partial charge in [-0.15, -0.1) is 0 Å². The van der Waals surface area contributed by atoms with Gasteiger partial charge >= 0.3 is 0 Å². The fourth-order valence-corrected chi connectivity index (χ4v) is 3.06. The van der Waals surface area contributed by atoms with Gasteiger partial charge in [-0.05, 0) is 62.4 Å². The number of fused-ring (bicyclic) bond motifs is 1. The lowest BCUT2D eigenvalue weighted by Crippen LogP contribution is -2.35. The van der Waals surface area contributed by atoms with Gasteiger partial charge in [0, 0.05) is 12.6 Å². The Morgan fingerprint density at radius 1 is 1.15 bits per heavy atom. The lowest BCUT2D eigenvalue weighted by Gasteiger charge is -2.16. The highest BCUT2D eigenvalue weighted by Gasteiger charge is 2.13. The summed E-state index contributed by atoms with van der Waals surface area (Å²) in [6.45, 7) is 3.12. The van der Waals surface area contributed by atoms with E-state index in [1.54, 1.807) is 30.3 Å². The van der Waals surface area contributed by atoms with Crippen LogP contribution in [0.2, 0.25) is 0 Å². The third-order valence-electron chi connectivity index (χ3n) is 4.42. The Morgan fingerprint density at radius 2 is 1.85 bits per heavy atom. The molecule has 0 radical (unpaired) electrons. The third kappa shape index (κ3) is 5.32. The van der Waals surface area contributed by atoms with Crippen molar-refractivity contribution in [1.29, 1.82) is 0 Å². The maximum absolute atomic E-state index is 12.1. The van der Waals surface area contributed by atoms with E-state index in [4.69, 9.17) is 9.47 Å². The van der Waals surface area contributed by atoms with Crippen LogP contribution in [0.1, 0.15) is 31.0 Å². The summed E-state index contributed by atoms with van der Waals surface area (Å²) in [6.07, 6.45) is 4.07. The van der Waals surface area contributed by atoms with E-state index in [0.29, 0.717) is 25.4 Å². The molecule has 0 saturated carbocycles. The Labute approximate surface area is 158 Å². The van der Waals surface area contributed by atoms with Crippen molar-refractivity contribution in [2.24, 2.45) is 0 Å². The van der Waals surface area contributed by atoms with Crippen molar-refractivity contribution >= 4 is 5.91 Å². The normalized spacial score (nSPS) is 12.9. The van der Waals surface area contributed by atoms with Crippen LogP contribution in [0, 0.1) is 0 Å². The van der Waals surface area contributed by atoms with Gasteiger partial charge in [0.15, 0.2) is 6.61 Å². The van der Waals surface area contributed by atoms with E-state index in [2.05, 4.69) is 10.4 Å². The molecule has 0 bridgehead atoms. The summed E-state index contributed by atoms with van der Waals surface area (Å²) in [5.41, 5.74) is 1.96. The second-order valence-corrected chi connectivity index (χ2v) is 6.43. The average Bonchev–Trinajstić information content (AvgIpc) is 2.68. The van der Waals surface area contributed by atoms with Crippen LogP contribution in [-0.4, -0.2) is 35.4 Å². The molecule has 7 nitrogen and oxygen atoms in total. The van der Waals surface area contributed by atoms with Crippen LogP contribution in [0.4, 0.5) is 0 Å². The molecule has 0 atom stereocenters. The van der Waals surface area contributed by atoms with Crippen molar-refractivity contribution in [3.8, 4) is 11.5 Å². The maximum Gasteiger partial charge on any atom is 0.267 e. The molecule has 0 aliphatic heterocycles. The summed E-state index contributed by atoms with van der Waals surface area (Å²) in [6, 6.07) is 8.79. The van der Waals surface area contributed by atoms with Crippen LogP contribution in [0.3, 0.4) is 0 Å². The first kappa shape index (κ1) is 18.9. The maximum atomic E-state index is 12.1. The topological polar surface area (TPSA) is 82.4 Å². The summed E-state index contributed by atoms with van der Waals surface area (Å²) in [4.78, 5) is 24.0. The van der Waals surface area contributed by atoms with Gasteiger partial charge in [0.05, 0.1) is 18.8 Å². The van der Waals surface area contributed by atoms with Crippen molar-refractivity contribution in [3.05, 3.63) is 51.9 Å². The molecule has 27 heavy (non-hydrogen) atoms. The molecule has 1 heterocycles. The molecular formula is C20H25N3O4. The second kappa shape index (κ2) is 9.21. The summed E-state index contributed by atoms with van der Waals surface area (Å²) >= 11 is 0. The molecule has 144 valence electrons. The minimum absolute atomic E-state index is 0.0828. The molecule has 0 spiro atoms. The predicted octanol–water partition coefficient (Wildman–Crippen LogP) is 1.72. The summed E-state index contributed by atoms with van der Waals surface area (Å²) in [5, 5.41) is 7.19. The van der Waals surface area contributed by atoms with Gasteiger partial charge in [0.25, 0.3) is 11.5 Å². The number of hydrogen-bond acceptors (Lipinski definition) is 5. The highest BCUT2D eigenvalue weighted by atomic mass is 16.5. The number of nitrogens with zero attached hydrogens (tertiary/aromatic N) is 2. The number of benzene rings is 1. The Kier molecular flexibility index (Phi) is 6.46. The molecule has 7 heteroatoms. The van der Waals surface area contributed by atoms with Crippen LogP contribution >= 0.6 is 0 Å². The van der Waals surface area contributed by atoms with Crippen LogP contribution < -0.4 is 20.3 Å². The lowest BCUT2D eigenvalue weighted by atomic mass is 9.97. The molecule has 1 N–H and O–H groups in total. The fourth-order valence-electron chi connectivity index (χ4n) is 3.06. The van der Waals surface area contributed by atoms with E-state index in [0.717, 1.165) is 42.7 Å². The quantitative estimate of drug-likeness (QED) is 0.764. The zero-order chi connectivity index (χ0) is 19.1. The van der Waals surface area contributed by atoms with Crippen molar-refractivity contribution in [3.63, 3.8) is 0 Å². The standard InChI is InChI=1S/C20H25N3O4/c1-2-26-16-7-9-17(10-8-16)27-14-19(24)21-11-12-23-20(25)13-15-5-3-4-6-18(15)22-23/h7-10,13H,2-6,11-12,14H2,1H3,(H,21,24). The first-order chi connectivity index (χ1) is 13.2. The Morgan fingerprint density at radius 3 is 2.59 bits per heavy atom. The van der Waals surface area contributed by atoms with E-state index < -0.39 is 0 Å². The van der Waals surface area contributed by atoms with Crippen LogP contribution in [0.25, 0.3) is 0 Å². The first-order valence-corrected chi connectivity index (χ1v) is 9.38. The van der Waals surface area contributed by atoms with Gasteiger partial charge in [-0.25, -0.2) is 4.68 Å². The van der Waals surface area contributed by atoms with Crippen LogP contribution in [0.5, 0.6) is 11.5 Å². The van der Waals surface area contributed by atoms with Gasteiger partial charge in [-0.1, -0.05) is 0 Å². The fraction of sp³-hybridized carbons (Fsp3) is 0.450. The number of carbonyl (C=O) groups excluding carboxylic acids is 1. The highest BCUT2D eigenvalue weighted by molar-refractivity contribution is 5.77. The van der Waals surface area contributed by atoms with Gasteiger partial charge < -0.3 is 14.8 Å². The smallest absolute Gasteiger partial charge is 0.267 e. The van der Waals surface area contributed by atoms with Crippen LogP contribution in [0.15, 0.2) is 35.1 Å². The molecular weight excluding hydrogens is 346 g/mol. The predicted molar refractivity (Wildman–Crippen MR) is 101 cm³/mol. The Hall–Kier alpha value is -2.83. The molecule has 0 saturated heterocycles. The number of aromatic nitrogens is 2. The number of carbonyl (C=O) groups is 1. The molecule has 2 aromatic rings. The van der Waals surface area contributed by atoms with Crippen molar-refractivity contribution < 1.29 is 14.3 Å². The third-order valence-corrected chi connectivity index (χ3v) is 4.42. The number of nitrogens with one attached hydrogen (secondary N) is 1. The largest absolute Gasteiger partial charge is 0.494 e. The minimum Gasteiger partial charge on any atom is -0.494 e. The van der Waals surface area contributed by atoms with E-state index in [9.17, 15) is 9.59 Å². The molecule has 1 aliphatic rings. The van der Waals surface area contributed by atoms with Gasteiger partial charge in [-0.2, -0.15) is 5.10 Å².